The Morgan fingerprint density at radius 2 is 2.07 bits per heavy atom. The van der Waals surface area contributed by atoms with Gasteiger partial charge in [-0.3, -0.25) is 14.5 Å². The number of nitrogens with one attached hydrogen (secondary N) is 1. The highest BCUT2D eigenvalue weighted by Gasteiger charge is 2.52. The maximum Gasteiger partial charge on any atom is 0.325 e. The zero-order valence-corrected chi connectivity index (χ0v) is 16.9. The number of carbonyl (C=O) groups is 3. The molecule has 2 aromatic rings. The van der Waals surface area contributed by atoms with E-state index in [0.717, 1.165) is 10.3 Å². The molecule has 2 aliphatic heterocycles. The number of imide groups is 1. The Hall–Kier alpha value is -2.88. The highest BCUT2D eigenvalue weighted by Crippen LogP contribution is 2.33. The highest BCUT2D eigenvalue weighted by atomic mass is 32.2. The Morgan fingerprint density at radius 3 is 2.72 bits per heavy atom. The van der Waals surface area contributed by atoms with Gasteiger partial charge in [-0.2, -0.15) is 0 Å². The summed E-state index contributed by atoms with van der Waals surface area (Å²) >= 11 is 0. The highest BCUT2D eigenvalue weighted by molar-refractivity contribution is 7.91. The molecule has 2 aliphatic rings. The number of carbonyl (C=O) groups excluding carboxylic acids is 3. The maximum absolute atomic E-state index is 13.0. The number of sulfone groups is 1. The molecule has 1 aromatic heterocycles. The number of likely N-dealkylation sites (N-methyl/N-ethyl adjacent to an activating group) is 1. The molecule has 9 nitrogen and oxygen atoms in total. The smallest absolute Gasteiger partial charge is 0.325 e. The summed E-state index contributed by atoms with van der Waals surface area (Å²) in [7, 11) is -1.67. The number of para-hydroxylation sites is 1. The van der Waals surface area contributed by atoms with Gasteiger partial charge in [-0.15, -0.1) is 0 Å². The fourth-order valence-corrected chi connectivity index (χ4v) is 5.54. The molecular formula is C19H21N3O6S. The van der Waals surface area contributed by atoms with E-state index in [4.69, 9.17) is 4.42 Å². The van der Waals surface area contributed by atoms with Gasteiger partial charge in [-0.05, 0) is 25.5 Å². The van der Waals surface area contributed by atoms with Crippen molar-refractivity contribution in [3.05, 3.63) is 36.1 Å². The van der Waals surface area contributed by atoms with Crippen LogP contribution in [0, 0.1) is 0 Å². The van der Waals surface area contributed by atoms with E-state index in [1.807, 2.05) is 12.1 Å². The van der Waals surface area contributed by atoms with Gasteiger partial charge >= 0.3 is 6.03 Å². The third-order valence-corrected chi connectivity index (χ3v) is 7.39. The Bertz CT molecular complexity index is 1090. The van der Waals surface area contributed by atoms with Crippen LogP contribution in [-0.2, 0) is 25.0 Å². The molecule has 2 fully saturated rings. The minimum atomic E-state index is -3.16. The minimum absolute atomic E-state index is 0.0303. The largest absolute Gasteiger partial charge is 0.458 e. The summed E-state index contributed by atoms with van der Waals surface area (Å²) in [4.78, 5) is 40.2. The van der Waals surface area contributed by atoms with Gasteiger partial charge in [0.25, 0.3) is 5.91 Å². The van der Waals surface area contributed by atoms with E-state index in [-0.39, 0.29) is 17.3 Å². The molecule has 154 valence electrons. The first-order valence-corrected chi connectivity index (χ1v) is 11.0. The van der Waals surface area contributed by atoms with E-state index in [1.54, 1.807) is 18.2 Å². The summed E-state index contributed by atoms with van der Waals surface area (Å²) in [5.41, 5.74) is -0.839. The summed E-state index contributed by atoms with van der Waals surface area (Å²) in [5.74, 6) is -0.886. The quantitative estimate of drug-likeness (QED) is 0.734. The van der Waals surface area contributed by atoms with Crippen molar-refractivity contribution >= 4 is 38.7 Å². The van der Waals surface area contributed by atoms with Crippen molar-refractivity contribution in [1.29, 1.82) is 0 Å². The molecule has 0 unspecified atom stereocenters. The second-order valence-corrected chi connectivity index (χ2v) is 9.89. The van der Waals surface area contributed by atoms with Gasteiger partial charge in [0.05, 0.1) is 11.5 Å². The van der Waals surface area contributed by atoms with Crippen molar-refractivity contribution in [2.24, 2.45) is 0 Å². The van der Waals surface area contributed by atoms with Crippen LogP contribution in [0.2, 0.25) is 0 Å². The first-order valence-electron chi connectivity index (χ1n) is 9.20. The topological polar surface area (TPSA) is 117 Å². The molecule has 4 rings (SSSR count). The lowest BCUT2D eigenvalue weighted by Gasteiger charge is -2.25. The number of nitrogens with zero attached hydrogens (tertiary/aromatic N) is 2. The van der Waals surface area contributed by atoms with Crippen molar-refractivity contribution in [2.75, 3.05) is 25.1 Å². The van der Waals surface area contributed by atoms with Crippen LogP contribution >= 0.6 is 0 Å². The minimum Gasteiger partial charge on any atom is -0.458 e. The van der Waals surface area contributed by atoms with Crippen LogP contribution in [0.5, 0.6) is 0 Å². The maximum atomic E-state index is 13.0. The van der Waals surface area contributed by atoms with Crippen molar-refractivity contribution < 1.29 is 27.2 Å². The van der Waals surface area contributed by atoms with Crippen molar-refractivity contribution in [2.45, 2.75) is 24.9 Å². The number of furan rings is 1. The molecule has 29 heavy (non-hydrogen) atoms. The van der Waals surface area contributed by atoms with E-state index in [9.17, 15) is 22.8 Å². The van der Waals surface area contributed by atoms with Crippen LogP contribution in [0.15, 0.2) is 34.7 Å². The van der Waals surface area contributed by atoms with Crippen molar-refractivity contribution in [3.63, 3.8) is 0 Å². The fourth-order valence-electron chi connectivity index (χ4n) is 3.77. The Labute approximate surface area is 167 Å². The summed E-state index contributed by atoms with van der Waals surface area (Å²) < 4.78 is 29.1. The molecule has 0 radical (unpaired) electrons. The van der Waals surface area contributed by atoms with E-state index in [1.165, 1.54) is 18.9 Å². The average molecular weight is 419 g/mol. The summed E-state index contributed by atoms with van der Waals surface area (Å²) in [6, 6.07) is 7.77. The second kappa shape index (κ2) is 6.58. The van der Waals surface area contributed by atoms with Crippen LogP contribution in [-0.4, -0.2) is 67.2 Å². The van der Waals surface area contributed by atoms with Crippen molar-refractivity contribution in [3.8, 4) is 0 Å². The van der Waals surface area contributed by atoms with Gasteiger partial charge in [-0.25, -0.2) is 13.2 Å². The third-order valence-electron chi connectivity index (χ3n) is 5.64. The zero-order chi connectivity index (χ0) is 21.0. The van der Waals surface area contributed by atoms with Gasteiger partial charge in [0.2, 0.25) is 5.91 Å². The lowest BCUT2D eigenvalue weighted by Crippen LogP contribution is -2.46. The number of rotatable bonds is 4. The predicted molar refractivity (Wildman–Crippen MR) is 104 cm³/mol. The number of fused-ring (bicyclic) bond motifs is 1. The Morgan fingerprint density at radius 1 is 1.34 bits per heavy atom. The molecule has 1 aromatic carbocycles. The van der Waals surface area contributed by atoms with Crippen LogP contribution in [0.1, 0.15) is 19.1 Å². The molecule has 0 spiro atoms. The fraction of sp³-hybridized carbons (Fsp3) is 0.421. The number of urea groups is 1. The SMILES string of the molecule is CN(C(=O)CN1C(=O)N[C@](C)(c2cc3ccccc3o2)C1=O)[C@@H]1CCS(=O)(=O)C1. The molecule has 0 bridgehead atoms. The predicted octanol–water partition coefficient (Wildman–Crippen LogP) is 0.845. The molecule has 1 N–H and O–H groups in total. The van der Waals surface area contributed by atoms with E-state index in [2.05, 4.69) is 5.32 Å². The molecule has 0 aliphatic carbocycles. The van der Waals surface area contributed by atoms with Crippen LogP contribution in [0.4, 0.5) is 4.79 Å². The van der Waals surface area contributed by atoms with Crippen molar-refractivity contribution in [1.82, 2.24) is 15.1 Å². The average Bonchev–Trinajstić information content (AvgIpc) is 3.32. The van der Waals surface area contributed by atoms with E-state index in [0.29, 0.717) is 12.0 Å². The first kappa shape index (κ1) is 19.4. The molecule has 3 heterocycles. The molecule has 0 saturated carbocycles. The van der Waals surface area contributed by atoms with E-state index < -0.39 is 45.8 Å². The molecule has 4 amide bonds. The lowest BCUT2D eigenvalue weighted by molar-refractivity contribution is -0.139. The summed E-state index contributed by atoms with van der Waals surface area (Å²) in [5, 5.41) is 3.41. The third kappa shape index (κ3) is 3.27. The first-order chi connectivity index (χ1) is 13.6. The Balaban J connectivity index is 1.52. The monoisotopic (exact) mass is 419 g/mol. The molecule has 2 atom stereocenters. The normalized spacial score (nSPS) is 26.1. The van der Waals surface area contributed by atoms with Gasteiger partial charge in [-0.1, -0.05) is 18.2 Å². The molecule has 2 saturated heterocycles. The second-order valence-electron chi connectivity index (χ2n) is 7.66. The number of amides is 4. The van der Waals surface area contributed by atoms with Gasteiger partial charge in [0.15, 0.2) is 15.4 Å². The zero-order valence-electron chi connectivity index (χ0n) is 16.0. The van der Waals surface area contributed by atoms with E-state index >= 15 is 0 Å². The lowest BCUT2D eigenvalue weighted by atomic mass is 9.99. The van der Waals surface area contributed by atoms with Crippen LogP contribution in [0.25, 0.3) is 11.0 Å². The molecular weight excluding hydrogens is 398 g/mol. The number of hydrogen-bond donors (Lipinski definition) is 1. The van der Waals surface area contributed by atoms with Gasteiger partial charge in [0, 0.05) is 18.5 Å². The van der Waals surface area contributed by atoms with Crippen LogP contribution < -0.4 is 5.32 Å². The van der Waals surface area contributed by atoms with Gasteiger partial charge < -0.3 is 14.6 Å². The Kier molecular flexibility index (Phi) is 4.41. The summed E-state index contributed by atoms with van der Waals surface area (Å²) in [6.07, 6.45) is 0.349. The summed E-state index contributed by atoms with van der Waals surface area (Å²) in [6.45, 7) is 1.07. The van der Waals surface area contributed by atoms with Gasteiger partial charge in [0.1, 0.15) is 17.9 Å². The number of hydrogen-bond acceptors (Lipinski definition) is 6. The number of benzene rings is 1. The standard InChI is InChI=1S/C19H21N3O6S/c1-19(15-9-12-5-3-4-6-14(12)28-15)17(24)22(18(25)20-19)10-16(23)21(2)13-7-8-29(26,27)11-13/h3-6,9,13H,7-8,10-11H2,1-2H3,(H,20,25)/t13-,19-/m1/s1. The van der Waals surface area contributed by atoms with Crippen LogP contribution in [0.3, 0.4) is 0 Å². The molecule has 10 heteroatoms.